The van der Waals surface area contributed by atoms with E-state index in [4.69, 9.17) is 0 Å². The fraction of sp³-hybridized carbons (Fsp3) is 0.435. The summed E-state index contributed by atoms with van der Waals surface area (Å²) in [7, 11) is -7.42. The zero-order chi connectivity index (χ0) is 24.8. The first kappa shape index (κ1) is 27.0. The van der Waals surface area contributed by atoms with Crippen LogP contribution in [0.1, 0.15) is 38.8 Å². The summed E-state index contributed by atoms with van der Waals surface area (Å²) in [5.74, 6) is -0.743. The zero-order valence-corrected chi connectivity index (χ0v) is 21.3. The van der Waals surface area contributed by atoms with Gasteiger partial charge in [-0.15, -0.1) is 0 Å². The molecule has 0 radical (unpaired) electrons. The molecule has 0 spiro atoms. The summed E-state index contributed by atoms with van der Waals surface area (Å²) in [6.45, 7) is 9.84. The Morgan fingerprint density at radius 2 is 1.39 bits per heavy atom. The molecule has 2 aromatic carbocycles. The lowest BCUT2D eigenvalue weighted by molar-refractivity contribution is -0.123. The molecule has 33 heavy (non-hydrogen) atoms. The van der Waals surface area contributed by atoms with Gasteiger partial charge in [0.2, 0.25) is 26.0 Å². The van der Waals surface area contributed by atoms with Gasteiger partial charge in [-0.25, -0.2) is 16.8 Å². The van der Waals surface area contributed by atoms with Gasteiger partial charge in [0, 0.05) is 19.6 Å². The molecule has 2 aromatic rings. The number of sulfonamides is 2. The van der Waals surface area contributed by atoms with Gasteiger partial charge < -0.3 is 5.32 Å². The van der Waals surface area contributed by atoms with E-state index in [-0.39, 0.29) is 22.3 Å². The normalized spacial score (nSPS) is 13.3. The summed E-state index contributed by atoms with van der Waals surface area (Å²) in [5.41, 5.74) is 1.63. The lowest BCUT2D eigenvalue weighted by Crippen LogP contribution is -2.49. The van der Waals surface area contributed by atoms with Crippen LogP contribution in [0.5, 0.6) is 0 Å². The summed E-state index contributed by atoms with van der Waals surface area (Å²) in [6, 6.07) is 11.7. The minimum atomic E-state index is -3.87. The summed E-state index contributed by atoms with van der Waals surface area (Å²) in [6.07, 6.45) is 0. The highest BCUT2D eigenvalue weighted by molar-refractivity contribution is 7.89. The molecule has 0 unspecified atom stereocenters. The van der Waals surface area contributed by atoms with Crippen molar-refractivity contribution >= 4 is 26.0 Å². The lowest BCUT2D eigenvalue weighted by Gasteiger charge is -2.22. The highest BCUT2D eigenvalue weighted by Crippen LogP contribution is 2.17. The van der Waals surface area contributed by atoms with Gasteiger partial charge in [-0.05, 0) is 42.7 Å². The van der Waals surface area contributed by atoms with Crippen LogP contribution in [-0.2, 0) is 31.4 Å². The number of hydrogen-bond acceptors (Lipinski definition) is 5. The molecule has 1 amide bonds. The van der Waals surface area contributed by atoms with E-state index >= 15 is 0 Å². The quantitative estimate of drug-likeness (QED) is 0.498. The largest absolute Gasteiger partial charge is 0.351 e. The molecule has 0 aliphatic rings. The van der Waals surface area contributed by atoms with Crippen LogP contribution in [0.3, 0.4) is 0 Å². The minimum Gasteiger partial charge on any atom is -0.351 e. The first-order valence-corrected chi connectivity index (χ1v) is 13.8. The molecule has 0 bridgehead atoms. The molecule has 0 aliphatic heterocycles. The molecular formula is C23H33N3O5S2. The molecule has 0 heterocycles. The molecule has 2 rings (SSSR count). The number of amides is 1. The van der Waals surface area contributed by atoms with E-state index in [1.807, 2.05) is 6.92 Å². The second-order valence-electron chi connectivity index (χ2n) is 8.11. The van der Waals surface area contributed by atoms with Gasteiger partial charge in [0.05, 0.1) is 9.79 Å². The Balaban J connectivity index is 2.09. The van der Waals surface area contributed by atoms with Crippen molar-refractivity contribution in [2.45, 2.75) is 57.0 Å². The fourth-order valence-corrected chi connectivity index (χ4v) is 6.04. The van der Waals surface area contributed by atoms with Crippen LogP contribution in [-0.4, -0.2) is 46.2 Å². The average Bonchev–Trinajstić information content (AvgIpc) is 2.77. The first-order chi connectivity index (χ1) is 15.4. The lowest BCUT2D eigenvalue weighted by atomic mass is 10.0. The molecule has 182 valence electrons. The molecule has 0 saturated carbocycles. The van der Waals surface area contributed by atoms with Crippen LogP contribution in [0.15, 0.2) is 58.3 Å². The number of carbonyl (C=O) groups is 1. The van der Waals surface area contributed by atoms with E-state index in [0.717, 1.165) is 5.56 Å². The topological polar surface area (TPSA) is 113 Å². The number of nitrogens with one attached hydrogen (secondary N) is 2. The second-order valence-corrected chi connectivity index (χ2v) is 11.8. The van der Waals surface area contributed by atoms with Gasteiger partial charge in [0.25, 0.3) is 0 Å². The van der Waals surface area contributed by atoms with Gasteiger partial charge in [0.15, 0.2) is 0 Å². The van der Waals surface area contributed by atoms with Crippen molar-refractivity contribution in [1.29, 1.82) is 0 Å². The summed E-state index contributed by atoms with van der Waals surface area (Å²) in [5, 5.41) is 2.74. The van der Waals surface area contributed by atoms with Gasteiger partial charge in [0.1, 0.15) is 6.04 Å². The Labute approximate surface area is 197 Å². The second kappa shape index (κ2) is 11.2. The van der Waals surface area contributed by atoms with Crippen molar-refractivity contribution in [2.75, 3.05) is 13.1 Å². The van der Waals surface area contributed by atoms with Gasteiger partial charge in [-0.1, -0.05) is 57.5 Å². The molecule has 0 aliphatic carbocycles. The number of benzene rings is 2. The molecule has 0 aromatic heterocycles. The van der Waals surface area contributed by atoms with Gasteiger partial charge in [-0.3, -0.25) is 4.79 Å². The molecule has 1 atom stereocenters. The summed E-state index contributed by atoms with van der Waals surface area (Å²) >= 11 is 0. The molecule has 8 nitrogen and oxygen atoms in total. The van der Waals surface area contributed by atoms with Crippen LogP contribution in [0.25, 0.3) is 0 Å². The van der Waals surface area contributed by atoms with Crippen molar-refractivity contribution in [3.63, 3.8) is 0 Å². The highest BCUT2D eigenvalue weighted by atomic mass is 32.2. The SMILES string of the molecule is CCN(CC)S(=O)(=O)c1ccc(CNC(=O)[C@@H](NS(=O)(=O)c2ccc(C)cc2)C(C)C)cc1. The van der Waals surface area contributed by atoms with Crippen LogP contribution >= 0.6 is 0 Å². The van der Waals surface area contributed by atoms with Crippen LogP contribution in [0, 0.1) is 12.8 Å². The monoisotopic (exact) mass is 495 g/mol. The molecule has 2 N–H and O–H groups in total. The third-order valence-electron chi connectivity index (χ3n) is 5.30. The number of rotatable bonds is 11. The summed E-state index contributed by atoms with van der Waals surface area (Å²) < 4.78 is 54.5. The zero-order valence-electron chi connectivity index (χ0n) is 19.7. The number of carbonyl (C=O) groups excluding carboxylic acids is 1. The molecular weight excluding hydrogens is 462 g/mol. The van der Waals surface area contributed by atoms with Crippen LogP contribution in [0.2, 0.25) is 0 Å². The smallest absolute Gasteiger partial charge is 0.243 e. The maximum Gasteiger partial charge on any atom is 0.243 e. The predicted molar refractivity (Wildman–Crippen MR) is 129 cm³/mol. The maximum atomic E-state index is 12.8. The average molecular weight is 496 g/mol. The molecule has 0 fully saturated rings. The Hall–Kier alpha value is -2.27. The van der Waals surface area contributed by atoms with Crippen LogP contribution < -0.4 is 10.0 Å². The van der Waals surface area contributed by atoms with Crippen LogP contribution in [0.4, 0.5) is 0 Å². The molecule has 10 heteroatoms. The van der Waals surface area contributed by atoms with Crippen molar-refractivity contribution in [1.82, 2.24) is 14.3 Å². The van der Waals surface area contributed by atoms with Crippen molar-refractivity contribution in [2.24, 2.45) is 5.92 Å². The Morgan fingerprint density at radius 1 is 0.879 bits per heavy atom. The third kappa shape index (κ3) is 6.86. The van der Waals surface area contributed by atoms with Gasteiger partial charge in [-0.2, -0.15) is 9.03 Å². The van der Waals surface area contributed by atoms with Crippen molar-refractivity contribution in [3.05, 3.63) is 59.7 Å². The van der Waals surface area contributed by atoms with E-state index in [0.29, 0.717) is 18.7 Å². The van der Waals surface area contributed by atoms with E-state index in [1.165, 1.54) is 28.6 Å². The fourth-order valence-electron chi connectivity index (χ4n) is 3.24. The van der Waals surface area contributed by atoms with E-state index < -0.39 is 32.0 Å². The maximum absolute atomic E-state index is 12.8. The number of hydrogen-bond donors (Lipinski definition) is 2. The number of nitrogens with zero attached hydrogens (tertiary/aromatic N) is 1. The predicted octanol–water partition coefficient (Wildman–Crippen LogP) is 2.64. The summed E-state index contributed by atoms with van der Waals surface area (Å²) in [4.78, 5) is 13.1. The molecule has 0 saturated heterocycles. The first-order valence-electron chi connectivity index (χ1n) is 10.9. The van der Waals surface area contributed by atoms with Crippen molar-refractivity contribution in [3.8, 4) is 0 Å². The minimum absolute atomic E-state index is 0.0940. The van der Waals surface area contributed by atoms with Crippen molar-refractivity contribution < 1.29 is 21.6 Å². The Bertz CT molecular complexity index is 1140. The standard InChI is InChI=1S/C23H33N3O5S2/c1-6-26(7-2)33(30,31)21-14-10-19(11-15-21)16-24-23(27)22(17(3)4)25-32(28,29)20-12-8-18(5)9-13-20/h8-15,17,22,25H,6-7,16H2,1-5H3,(H,24,27)/t22-/m0/s1. The highest BCUT2D eigenvalue weighted by Gasteiger charge is 2.28. The van der Waals surface area contributed by atoms with E-state index in [2.05, 4.69) is 10.0 Å². The Morgan fingerprint density at radius 3 is 1.88 bits per heavy atom. The van der Waals surface area contributed by atoms with E-state index in [9.17, 15) is 21.6 Å². The Kier molecular flexibility index (Phi) is 9.19. The third-order valence-corrected chi connectivity index (χ3v) is 8.82. The van der Waals surface area contributed by atoms with Gasteiger partial charge >= 0.3 is 0 Å². The van der Waals surface area contributed by atoms with E-state index in [1.54, 1.807) is 52.0 Å². The number of aryl methyl sites for hydroxylation is 1.